The summed E-state index contributed by atoms with van der Waals surface area (Å²) in [7, 11) is 0. The number of para-hydroxylation sites is 1. The fourth-order valence-corrected chi connectivity index (χ4v) is 2.61. The summed E-state index contributed by atoms with van der Waals surface area (Å²) in [5.74, 6) is 0. The van der Waals surface area contributed by atoms with Crippen molar-refractivity contribution in [3.8, 4) is 5.69 Å². The lowest BCUT2D eigenvalue weighted by molar-refractivity contribution is 0.111. The van der Waals surface area contributed by atoms with Crippen LogP contribution in [-0.4, -0.2) is 41.6 Å². The van der Waals surface area contributed by atoms with Crippen molar-refractivity contribution < 1.29 is 9.53 Å². The number of urea groups is 1. The molecule has 3 rings (SSSR count). The van der Waals surface area contributed by atoms with Crippen molar-refractivity contribution in [1.29, 1.82) is 0 Å². The maximum Gasteiger partial charge on any atom is 0.314 e. The molecule has 23 heavy (non-hydrogen) atoms. The molecule has 1 aromatic carbocycles. The van der Waals surface area contributed by atoms with Crippen LogP contribution in [0.1, 0.15) is 18.4 Å². The van der Waals surface area contributed by atoms with E-state index in [0.29, 0.717) is 13.1 Å². The number of hydrogen-bond acceptors (Lipinski definition) is 3. The smallest absolute Gasteiger partial charge is 0.314 e. The lowest BCUT2D eigenvalue weighted by Gasteiger charge is -2.11. The van der Waals surface area contributed by atoms with Gasteiger partial charge in [0.25, 0.3) is 0 Å². The Bertz CT molecular complexity index is 621. The van der Waals surface area contributed by atoms with Gasteiger partial charge in [0.05, 0.1) is 18.0 Å². The molecule has 0 aliphatic carbocycles. The molecule has 1 atom stereocenters. The Morgan fingerprint density at radius 2 is 2.17 bits per heavy atom. The highest BCUT2D eigenvalue weighted by molar-refractivity contribution is 5.73. The fraction of sp³-hybridized carbons (Fsp3) is 0.412. The molecular weight excluding hydrogens is 292 g/mol. The van der Waals surface area contributed by atoms with Crippen molar-refractivity contribution in [2.75, 3.05) is 19.7 Å². The van der Waals surface area contributed by atoms with E-state index in [-0.39, 0.29) is 12.1 Å². The fourth-order valence-electron chi connectivity index (χ4n) is 2.61. The third-order valence-electron chi connectivity index (χ3n) is 3.87. The number of nitrogens with zero attached hydrogens (tertiary/aromatic N) is 2. The molecule has 2 aromatic rings. The van der Waals surface area contributed by atoms with Crippen LogP contribution in [-0.2, 0) is 11.2 Å². The Hall–Kier alpha value is -2.34. The van der Waals surface area contributed by atoms with E-state index in [2.05, 4.69) is 15.7 Å². The van der Waals surface area contributed by atoms with Crippen LogP contribution in [0.15, 0.2) is 42.7 Å². The number of ether oxygens (including phenoxy) is 1. The molecule has 122 valence electrons. The Morgan fingerprint density at radius 3 is 2.96 bits per heavy atom. The van der Waals surface area contributed by atoms with Gasteiger partial charge in [0, 0.05) is 25.9 Å². The summed E-state index contributed by atoms with van der Waals surface area (Å²) in [4.78, 5) is 11.7. The minimum absolute atomic E-state index is 0.143. The van der Waals surface area contributed by atoms with Crippen molar-refractivity contribution in [2.45, 2.75) is 25.4 Å². The van der Waals surface area contributed by atoms with Crippen LogP contribution in [0.2, 0.25) is 0 Å². The van der Waals surface area contributed by atoms with E-state index in [1.165, 1.54) is 0 Å². The number of carbonyl (C=O) groups excluding carboxylic acids is 1. The van der Waals surface area contributed by atoms with Crippen molar-refractivity contribution in [2.24, 2.45) is 0 Å². The van der Waals surface area contributed by atoms with E-state index < -0.39 is 0 Å². The maximum atomic E-state index is 11.7. The molecule has 1 fully saturated rings. The Kier molecular flexibility index (Phi) is 5.26. The molecule has 2 amide bonds. The summed E-state index contributed by atoms with van der Waals surface area (Å²) in [6.07, 6.45) is 6.85. The highest BCUT2D eigenvalue weighted by Gasteiger charge is 2.15. The van der Waals surface area contributed by atoms with Gasteiger partial charge in [0.15, 0.2) is 0 Å². The SMILES string of the molecule is O=C(NCCc1cnn(-c2ccccc2)c1)NC[C@H]1CCCO1. The van der Waals surface area contributed by atoms with E-state index in [9.17, 15) is 4.79 Å². The molecular formula is C17H22N4O2. The zero-order valence-corrected chi connectivity index (χ0v) is 13.1. The van der Waals surface area contributed by atoms with Gasteiger partial charge in [-0.2, -0.15) is 5.10 Å². The quantitative estimate of drug-likeness (QED) is 0.855. The van der Waals surface area contributed by atoms with Crippen molar-refractivity contribution in [1.82, 2.24) is 20.4 Å². The van der Waals surface area contributed by atoms with Gasteiger partial charge < -0.3 is 15.4 Å². The highest BCUT2D eigenvalue weighted by Crippen LogP contribution is 2.10. The average Bonchev–Trinajstić information content (AvgIpc) is 3.26. The number of aromatic nitrogens is 2. The van der Waals surface area contributed by atoms with E-state index >= 15 is 0 Å². The first-order chi connectivity index (χ1) is 11.3. The van der Waals surface area contributed by atoms with Crippen molar-refractivity contribution in [3.05, 3.63) is 48.3 Å². The first kappa shape index (κ1) is 15.6. The zero-order valence-electron chi connectivity index (χ0n) is 13.1. The normalized spacial score (nSPS) is 17.1. The van der Waals surface area contributed by atoms with Gasteiger partial charge in [-0.3, -0.25) is 0 Å². The van der Waals surface area contributed by atoms with Gasteiger partial charge in [-0.1, -0.05) is 18.2 Å². The Balaban J connectivity index is 1.39. The van der Waals surface area contributed by atoms with Gasteiger partial charge in [-0.05, 0) is 37.0 Å². The standard InChI is InChI=1S/C17H22N4O2/c22-17(19-12-16-7-4-10-23-16)18-9-8-14-11-20-21(13-14)15-5-2-1-3-6-15/h1-3,5-6,11,13,16H,4,7-10,12H2,(H2,18,19,22)/t16-/m1/s1. The van der Waals surface area contributed by atoms with E-state index in [1.807, 2.05) is 47.4 Å². The molecule has 0 radical (unpaired) electrons. The number of benzene rings is 1. The molecule has 0 spiro atoms. The lowest BCUT2D eigenvalue weighted by atomic mass is 10.2. The topological polar surface area (TPSA) is 68.2 Å². The van der Waals surface area contributed by atoms with Gasteiger partial charge in [-0.25, -0.2) is 9.48 Å². The van der Waals surface area contributed by atoms with Crippen LogP contribution in [0.25, 0.3) is 5.69 Å². The number of carbonyl (C=O) groups is 1. The second-order valence-electron chi connectivity index (χ2n) is 5.65. The molecule has 0 unspecified atom stereocenters. The van der Waals surface area contributed by atoms with Crippen LogP contribution >= 0.6 is 0 Å². The predicted octanol–water partition coefficient (Wildman–Crippen LogP) is 1.89. The number of nitrogens with one attached hydrogen (secondary N) is 2. The summed E-state index contributed by atoms with van der Waals surface area (Å²) in [6.45, 7) is 1.97. The van der Waals surface area contributed by atoms with Crippen LogP contribution < -0.4 is 10.6 Å². The molecule has 0 saturated carbocycles. The summed E-state index contributed by atoms with van der Waals surface area (Å²) in [6, 6.07) is 9.82. The second-order valence-corrected chi connectivity index (χ2v) is 5.65. The average molecular weight is 314 g/mol. The van der Waals surface area contributed by atoms with Crippen molar-refractivity contribution >= 4 is 6.03 Å². The molecule has 2 heterocycles. The van der Waals surface area contributed by atoms with E-state index in [1.54, 1.807) is 0 Å². The Morgan fingerprint density at radius 1 is 1.30 bits per heavy atom. The molecule has 6 nitrogen and oxygen atoms in total. The van der Waals surface area contributed by atoms with Crippen molar-refractivity contribution in [3.63, 3.8) is 0 Å². The van der Waals surface area contributed by atoms with Gasteiger partial charge in [0.1, 0.15) is 0 Å². The number of rotatable bonds is 6. The summed E-state index contributed by atoms with van der Waals surface area (Å²) in [5.41, 5.74) is 2.12. The third-order valence-corrected chi connectivity index (χ3v) is 3.87. The summed E-state index contributed by atoms with van der Waals surface area (Å²) in [5, 5.41) is 10.1. The first-order valence-corrected chi connectivity index (χ1v) is 8.03. The molecule has 1 aliphatic rings. The summed E-state index contributed by atoms with van der Waals surface area (Å²) < 4.78 is 7.31. The minimum atomic E-state index is -0.143. The second kappa shape index (κ2) is 7.78. The van der Waals surface area contributed by atoms with Crippen LogP contribution in [0, 0.1) is 0 Å². The molecule has 0 bridgehead atoms. The monoisotopic (exact) mass is 314 g/mol. The highest BCUT2D eigenvalue weighted by atomic mass is 16.5. The van der Waals surface area contributed by atoms with Gasteiger partial charge >= 0.3 is 6.03 Å². The zero-order chi connectivity index (χ0) is 15.9. The van der Waals surface area contributed by atoms with E-state index in [4.69, 9.17) is 4.74 Å². The maximum absolute atomic E-state index is 11.7. The van der Waals surface area contributed by atoms with Gasteiger partial charge in [0.2, 0.25) is 0 Å². The van der Waals surface area contributed by atoms with Crippen LogP contribution in [0.5, 0.6) is 0 Å². The Labute approximate surface area is 135 Å². The molecule has 1 saturated heterocycles. The lowest BCUT2D eigenvalue weighted by Crippen LogP contribution is -2.40. The first-order valence-electron chi connectivity index (χ1n) is 8.03. The summed E-state index contributed by atoms with van der Waals surface area (Å²) >= 11 is 0. The molecule has 1 aromatic heterocycles. The predicted molar refractivity (Wildman–Crippen MR) is 87.6 cm³/mol. The minimum Gasteiger partial charge on any atom is -0.376 e. The number of amides is 2. The largest absolute Gasteiger partial charge is 0.376 e. The number of hydrogen-bond donors (Lipinski definition) is 2. The third kappa shape index (κ3) is 4.56. The molecule has 1 aliphatic heterocycles. The van der Waals surface area contributed by atoms with E-state index in [0.717, 1.165) is 37.1 Å². The molecule has 2 N–H and O–H groups in total. The van der Waals surface area contributed by atoms with Crippen LogP contribution in [0.3, 0.4) is 0 Å². The van der Waals surface area contributed by atoms with Crippen LogP contribution in [0.4, 0.5) is 4.79 Å². The molecule has 6 heteroatoms. The van der Waals surface area contributed by atoms with Gasteiger partial charge in [-0.15, -0.1) is 0 Å².